The summed E-state index contributed by atoms with van der Waals surface area (Å²) in [6.07, 6.45) is 38.5. The Bertz CT molecular complexity index is 1250. The van der Waals surface area contributed by atoms with Crippen molar-refractivity contribution in [2.24, 2.45) is 0 Å². The molecule has 0 amide bonds. The molecule has 1 aliphatic heterocycles. The van der Waals surface area contributed by atoms with Gasteiger partial charge in [0.2, 0.25) is 0 Å². The van der Waals surface area contributed by atoms with Crippen LogP contribution in [0.5, 0.6) is 0 Å². The second-order valence-corrected chi connectivity index (χ2v) is 17.4. The number of carbonyl (C=O) groups excluding carboxylic acids is 1. The van der Waals surface area contributed by atoms with Crippen LogP contribution in [-0.4, -0.2) is 97.5 Å². The lowest BCUT2D eigenvalue weighted by atomic mass is 9.99. The molecule has 13 heteroatoms. The molecule has 0 aromatic carbocycles. The molecule has 0 spiro atoms. The van der Waals surface area contributed by atoms with Gasteiger partial charge in [-0.3, -0.25) is 9.35 Å². The van der Waals surface area contributed by atoms with Crippen LogP contribution in [0.2, 0.25) is 0 Å². The van der Waals surface area contributed by atoms with E-state index in [0.717, 1.165) is 77.0 Å². The lowest BCUT2D eigenvalue weighted by Gasteiger charge is -2.41. The SMILES string of the molecule is CCCCC/C=C\C/C=C\C/C=C\CCCCCCCCCOCC(COC1OC(CO)C(O)C(OS(=O)(=O)O)C1O)OC(=O)CCCCCCC/C=C\CCCCCCC. The van der Waals surface area contributed by atoms with E-state index in [1.54, 1.807) is 0 Å². The van der Waals surface area contributed by atoms with E-state index in [-0.39, 0.29) is 19.6 Å². The van der Waals surface area contributed by atoms with Crippen LogP contribution in [0.3, 0.4) is 0 Å². The minimum Gasteiger partial charge on any atom is -0.457 e. The molecule has 12 nitrogen and oxygen atoms in total. The van der Waals surface area contributed by atoms with Crippen LogP contribution in [0.15, 0.2) is 48.6 Å². The topological polar surface area (TPSA) is 178 Å². The number of esters is 1. The number of ether oxygens (including phenoxy) is 4. The van der Waals surface area contributed by atoms with Crippen molar-refractivity contribution in [3.63, 3.8) is 0 Å². The van der Waals surface area contributed by atoms with E-state index < -0.39 is 59.8 Å². The van der Waals surface area contributed by atoms with Crippen LogP contribution in [0.25, 0.3) is 0 Å². The summed E-state index contributed by atoms with van der Waals surface area (Å²) in [6.45, 7) is 3.92. The number of aliphatic hydroxyl groups is 3. The molecule has 1 heterocycles. The van der Waals surface area contributed by atoms with Crippen LogP contribution >= 0.6 is 0 Å². The lowest BCUT2D eigenvalue weighted by Crippen LogP contribution is -2.60. The number of rotatable bonds is 41. The van der Waals surface area contributed by atoms with Gasteiger partial charge in [-0.15, -0.1) is 0 Å². The highest BCUT2D eigenvalue weighted by molar-refractivity contribution is 7.80. The highest BCUT2D eigenvalue weighted by atomic mass is 32.3. The smallest absolute Gasteiger partial charge is 0.397 e. The summed E-state index contributed by atoms with van der Waals surface area (Å²) in [7, 11) is -5.07. The molecule has 0 radical (unpaired) electrons. The number of carbonyl (C=O) groups is 1. The number of hydrogen-bond acceptors (Lipinski definition) is 11. The minimum absolute atomic E-state index is 0.0251. The van der Waals surface area contributed by atoms with Gasteiger partial charge in [-0.05, 0) is 77.0 Å². The van der Waals surface area contributed by atoms with Crippen molar-refractivity contribution in [1.82, 2.24) is 0 Å². The van der Waals surface area contributed by atoms with Gasteiger partial charge in [-0.25, -0.2) is 4.18 Å². The van der Waals surface area contributed by atoms with Gasteiger partial charge in [-0.1, -0.05) is 152 Å². The van der Waals surface area contributed by atoms with Crippen LogP contribution in [0.1, 0.15) is 187 Å². The summed E-state index contributed by atoms with van der Waals surface area (Å²) in [5.74, 6) is -0.413. The zero-order valence-corrected chi connectivity index (χ0v) is 38.8. The molecule has 6 atom stereocenters. The molecule has 0 saturated carbocycles. The van der Waals surface area contributed by atoms with Crippen molar-refractivity contribution in [3.05, 3.63) is 48.6 Å². The van der Waals surface area contributed by atoms with Crippen LogP contribution in [0.4, 0.5) is 0 Å². The Morgan fingerprint density at radius 3 is 1.62 bits per heavy atom. The molecule has 1 rings (SSSR count). The number of unbranched alkanes of at least 4 members (excludes halogenated alkanes) is 20. The summed E-state index contributed by atoms with van der Waals surface area (Å²) < 4.78 is 59.1. The van der Waals surface area contributed by atoms with Crippen molar-refractivity contribution < 1.29 is 56.2 Å². The summed E-state index contributed by atoms with van der Waals surface area (Å²) in [4.78, 5) is 12.8. The number of allylic oxidation sites excluding steroid dienone is 8. The minimum atomic E-state index is -5.07. The molecule has 6 unspecified atom stereocenters. The highest BCUT2D eigenvalue weighted by Crippen LogP contribution is 2.26. The summed E-state index contributed by atoms with van der Waals surface area (Å²) in [6, 6.07) is 0. The van der Waals surface area contributed by atoms with E-state index in [4.69, 9.17) is 23.5 Å². The van der Waals surface area contributed by atoms with Gasteiger partial charge in [0.15, 0.2) is 6.29 Å². The van der Waals surface area contributed by atoms with Gasteiger partial charge in [0.25, 0.3) is 0 Å². The van der Waals surface area contributed by atoms with E-state index in [1.807, 2.05) is 0 Å². The molecule has 1 aliphatic rings. The van der Waals surface area contributed by atoms with E-state index >= 15 is 0 Å². The summed E-state index contributed by atoms with van der Waals surface area (Å²) >= 11 is 0. The zero-order chi connectivity index (χ0) is 44.7. The Morgan fingerprint density at radius 1 is 0.623 bits per heavy atom. The third kappa shape index (κ3) is 33.3. The van der Waals surface area contributed by atoms with Crippen LogP contribution in [-0.2, 0) is 38.3 Å². The van der Waals surface area contributed by atoms with E-state index in [1.165, 1.54) is 83.5 Å². The molecular formula is C48H86O12S. The summed E-state index contributed by atoms with van der Waals surface area (Å²) in [5.41, 5.74) is 0. The molecule has 1 saturated heterocycles. The zero-order valence-electron chi connectivity index (χ0n) is 38.0. The molecule has 0 aromatic rings. The predicted octanol–water partition coefficient (Wildman–Crippen LogP) is 10.4. The first-order valence-electron chi connectivity index (χ1n) is 23.9. The van der Waals surface area contributed by atoms with Crippen molar-refractivity contribution in [2.45, 2.75) is 224 Å². The number of aliphatic hydroxyl groups excluding tert-OH is 3. The molecule has 0 bridgehead atoms. The molecule has 356 valence electrons. The van der Waals surface area contributed by atoms with Crippen LogP contribution < -0.4 is 0 Å². The van der Waals surface area contributed by atoms with Gasteiger partial charge in [0, 0.05) is 13.0 Å². The average molecular weight is 887 g/mol. The largest absolute Gasteiger partial charge is 0.457 e. The molecule has 1 fully saturated rings. The molecular weight excluding hydrogens is 801 g/mol. The van der Waals surface area contributed by atoms with Crippen molar-refractivity contribution >= 4 is 16.4 Å². The normalized spacial score (nSPS) is 20.5. The predicted molar refractivity (Wildman–Crippen MR) is 243 cm³/mol. The second kappa shape index (κ2) is 39.6. The first-order valence-corrected chi connectivity index (χ1v) is 25.3. The maximum Gasteiger partial charge on any atom is 0.397 e. The van der Waals surface area contributed by atoms with Gasteiger partial charge in [-0.2, -0.15) is 8.42 Å². The maximum absolute atomic E-state index is 12.8. The van der Waals surface area contributed by atoms with Crippen molar-refractivity contribution in [2.75, 3.05) is 26.4 Å². The van der Waals surface area contributed by atoms with Gasteiger partial charge < -0.3 is 34.3 Å². The standard InChI is InChI=1S/C48H86O12S/c1-3-5-7-9-11-13-15-17-19-20-21-22-23-24-26-28-30-32-34-36-38-56-40-42(41-57-48-46(52)47(60-61(53,54)55)45(51)43(39-49)59-48)58-44(50)37-35-33-31-29-27-25-18-16-14-12-10-8-6-4-2/h11,13,16-19,21-22,42-43,45-49,51-52H,3-10,12,14-15,20,23-41H2,1-2H3,(H,53,54,55)/b13-11-,18-16-,19-17-,22-21-. The number of hydrogen-bond donors (Lipinski definition) is 4. The third-order valence-electron chi connectivity index (χ3n) is 10.7. The Morgan fingerprint density at radius 2 is 1.08 bits per heavy atom. The Labute approximate surface area is 370 Å². The molecule has 0 aliphatic carbocycles. The highest BCUT2D eigenvalue weighted by Gasteiger charge is 2.48. The Kier molecular flexibility index (Phi) is 37.1. The first-order chi connectivity index (χ1) is 29.6. The third-order valence-corrected chi connectivity index (χ3v) is 11.1. The monoisotopic (exact) mass is 887 g/mol. The quantitative estimate of drug-likeness (QED) is 0.0198. The molecule has 0 aromatic heterocycles. The fourth-order valence-electron chi connectivity index (χ4n) is 7.03. The van der Waals surface area contributed by atoms with Crippen LogP contribution in [0, 0.1) is 0 Å². The van der Waals surface area contributed by atoms with E-state index in [9.17, 15) is 28.5 Å². The van der Waals surface area contributed by atoms with Gasteiger partial charge >= 0.3 is 16.4 Å². The van der Waals surface area contributed by atoms with Crippen molar-refractivity contribution in [3.8, 4) is 0 Å². The van der Waals surface area contributed by atoms with Gasteiger partial charge in [0.05, 0.1) is 19.8 Å². The van der Waals surface area contributed by atoms with E-state index in [0.29, 0.717) is 13.0 Å². The maximum atomic E-state index is 12.8. The van der Waals surface area contributed by atoms with Gasteiger partial charge in [0.1, 0.15) is 30.5 Å². The van der Waals surface area contributed by atoms with E-state index in [2.05, 4.69) is 66.6 Å². The average Bonchev–Trinajstić information content (AvgIpc) is 3.23. The van der Waals surface area contributed by atoms with Crippen molar-refractivity contribution in [1.29, 1.82) is 0 Å². The Hall–Kier alpha value is -1.94. The fraction of sp³-hybridized carbons (Fsp3) is 0.812. The fourth-order valence-corrected chi connectivity index (χ4v) is 7.53. The summed E-state index contributed by atoms with van der Waals surface area (Å²) in [5, 5.41) is 30.7. The first kappa shape index (κ1) is 57.1. The Balaban J connectivity index is 2.41. The molecule has 61 heavy (non-hydrogen) atoms. The molecule has 4 N–H and O–H groups in total. The lowest BCUT2D eigenvalue weighted by molar-refractivity contribution is -0.301. The second-order valence-electron chi connectivity index (χ2n) is 16.3.